The van der Waals surface area contributed by atoms with Crippen molar-refractivity contribution in [2.45, 2.75) is 24.3 Å². The monoisotopic (exact) mass is 211 g/mol. The molecule has 0 atom stereocenters. The Kier molecular flexibility index (Phi) is 2.52. The highest BCUT2D eigenvalue weighted by atomic mass is 35.5. The fourth-order valence-corrected chi connectivity index (χ4v) is 2.15. The maximum Gasteiger partial charge on any atom is 0.0611 e. The van der Waals surface area contributed by atoms with Crippen LogP contribution in [0, 0.1) is 0 Å². The SMILES string of the molecule is NC1(CO)CC(c2ccc(Cl)cc2)C1. The van der Waals surface area contributed by atoms with Crippen molar-refractivity contribution < 1.29 is 5.11 Å². The standard InChI is InChI=1S/C11H14ClNO/c12-10-3-1-8(2-4-10)9-5-11(13,6-9)7-14/h1-4,9,14H,5-7,13H2. The second-order valence-electron chi connectivity index (χ2n) is 4.18. The molecule has 0 spiro atoms. The zero-order chi connectivity index (χ0) is 10.2. The number of hydrogen-bond acceptors (Lipinski definition) is 2. The van der Waals surface area contributed by atoms with Crippen LogP contribution in [0.2, 0.25) is 5.02 Å². The predicted molar refractivity (Wildman–Crippen MR) is 57.4 cm³/mol. The second kappa shape index (κ2) is 3.54. The molecule has 0 saturated heterocycles. The molecule has 1 aliphatic carbocycles. The number of hydrogen-bond donors (Lipinski definition) is 2. The van der Waals surface area contributed by atoms with Gasteiger partial charge >= 0.3 is 0 Å². The molecule has 0 unspecified atom stereocenters. The van der Waals surface area contributed by atoms with E-state index >= 15 is 0 Å². The molecule has 0 bridgehead atoms. The van der Waals surface area contributed by atoms with E-state index in [0.717, 1.165) is 17.9 Å². The van der Waals surface area contributed by atoms with Crippen molar-refractivity contribution in [1.82, 2.24) is 0 Å². The van der Waals surface area contributed by atoms with Crippen LogP contribution in [-0.2, 0) is 0 Å². The molecule has 76 valence electrons. The van der Waals surface area contributed by atoms with Gasteiger partial charge in [-0.1, -0.05) is 23.7 Å². The Bertz CT molecular complexity index is 317. The topological polar surface area (TPSA) is 46.2 Å². The lowest BCUT2D eigenvalue weighted by Gasteiger charge is -2.44. The molecule has 0 amide bonds. The summed E-state index contributed by atoms with van der Waals surface area (Å²) in [6.45, 7) is 0.0804. The predicted octanol–water partition coefficient (Wildman–Crippen LogP) is 1.91. The maximum atomic E-state index is 9.01. The number of rotatable bonds is 2. The van der Waals surface area contributed by atoms with E-state index in [1.165, 1.54) is 5.56 Å². The Balaban J connectivity index is 2.03. The summed E-state index contributed by atoms with van der Waals surface area (Å²) in [4.78, 5) is 0. The normalized spacial score (nSPS) is 31.2. The molecule has 1 aromatic carbocycles. The Morgan fingerprint density at radius 1 is 1.36 bits per heavy atom. The van der Waals surface area contributed by atoms with Crippen LogP contribution in [0.5, 0.6) is 0 Å². The third-order valence-electron chi connectivity index (χ3n) is 2.96. The lowest BCUT2D eigenvalue weighted by atomic mass is 9.66. The molecule has 2 nitrogen and oxygen atoms in total. The van der Waals surface area contributed by atoms with Crippen LogP contribution in [0.25, 0.3) is 0 Å². The number of benzene rings is 1. The van der Waals surface area contributed by atoms with E-state index in [1.54, 1.807) is 0 Å². The first-order valence-corrected chi connectivity index (χ1v) is 5.16. The quantitative estimate of drug-likeness (QED) is 0.785. The molecule has 0 radical (unpaired) electrons. The van der Waals surface area contributed by atoms with Gasteiger partial charge in [0.25, 0.3) is 0 Å². The van der Waals surface area contributed by atoms with Crippen molar-refractivity contribution in [3.05, 3.63) is 34.9 Å². The highest BCUT2D eigenvalue weighted by Crippen LogP contribution is 2.42. The summed E-state index contributed by atoms with van der Waals surface area (Å²) in [7, 11) is 0. The Morgan fingerprint density at radius 3 is 2.43 bits per heavy atom. The maximum absolute atomic E-state index is 9.01. The first kappa shape index (κ1) is 9.97. The molecule has 1 aliphatic rings. The summed E-state index contributed by atoms with van der Waals surface area (Å²) in [5.74, 6) is 0.490. The first-order valence-electron chi connectivity index (χ1n) is 4.78. The van der Waals surface area contributed by atoms with Gasteiger partial charge in [0, 0.05) is 10.6 Å². The summed E-state index contributed by atoms with van der Waals surface area (Å²) in [5, 5.41) is 9.77. The minimum atomic E-state index is -0.343. The van der Waals surface area contributed by atoms with Gasteiger partial charge in [-0.25, -0.2) is 0 Å². The number of nitrogens with two attached hydrogens (primary N) is 1. The molecule has 3 N–H and O–H groups in total. The average Bonchev–Trinajstić information content (AvgIpc) is 2.15. The van der Waals surface area contributed by atoms with Crippen molar-refractivity contribution in [2.75, 3.05) is 6.61 Å². The highest BCUT2D eigenvalue weighted by Gasteiger charge is 2.40. The van der Waals surface area contributed by atoms with Gasteiger partial charge in [0.05, 0.1) is 6.61 Å². The summed E-state index contributed by atoms with van der Waals surface area (Å²) in [6, 6.07) is 7.85. The molecule has 0 aromatic heterocycles. The third kappa shape index (κ3) is 1.78. The van der Waals surface area contributed by atoms with Crippen molar-refractivity contribution in [2.24, 2.45) is 5.73 Å². The van der Waals surface area contributed by atoms with Gasteiger partial charge in [-0.3, -0.25) is 0 Å². The fourth-order valence-electron chi connectivity index (χ4n) is 2.02. The van der Waals surface area contributed by atoms with Gasteiger partial charge in [0.15, 0.2) is 0 Å². The Labute approximate surface area is 88.7 Å². The second-order valence-corrected chi connectivity index (χ2v) is 4.61. The lowest BCUT2D eigenvalue weighted by Crippen LogP contribution is -2.53. The van der Waals surface area contributed by atoms with E-state index in [9.17, 15) is 0 Å². The van der Waals surface area contributed by atoms with Crippen LogP contribution in [0.15, 0.2) is 24.3 Å². The summed E-state index contributed by atoms with van der Waals surface area (Å²) >= 11 is 5.80. The molecule has 14 heavy (non-hydrogen) atoms. The Hall–Kier alpha value is -0.570. The molecule has 1 saturated carbocycles. The zero-order valence-corrected chi connectivity index (χ0v) is 8.67. The van der Waals surface area contributed by atoms with Crippen LogP contribution in [0.4, 0.5) is 0 Å². The molecule has 1 aromatic rings. The summed E-state index contributed by atoms with van der Waals surface area (Å²) < 4.78 is 0. The minimum absolute atomic E-state index is 0.0804. The smallest absolute Gasteiger partial charge is 0.0611 e. The van der Waals surface area contributed by atoms with Crippen LogP contribution in [0.1, 0.15) is 24.3 Å². The molecule has 1 fully saturated rings. The number of aliphatic hydroxyl groups is 1. The molecule has 3 heteroatoms. The largest absolute Gasteiger partial charge is 0.394 e. The van der Waals surface area contributed by atoms with Crippen LogP contribution >= 0.6 is 11.6 Å². The average molecular weight is 212 g/mol. The zero-order valence-electron chi connectivity index (χ0n) is 7.91. The van der Waals surface area contributed by atoms with E-state index in [0.29, 0.717) is 5.92 Å². The van der Waals surface area contributed by atoms with E-state index in [4.69, 9.17) is 22.4 Å². The van der Waals surface area contributed by atoms with Crippen LogP contribution in [-0.4, -0.2) is 17.3 Å². The van der Waals surface area contributed by atoms with E-state index in [-0.39, 0.29) is 12.1 Å². The molecule has 2 rings (SSSR count). The molecular weight excluding hydrogens is 198 g/mol. The van der Waals surface area contributed by atoms with Crippen molar-refractivity contribution in [3.63, 3.8) is 0 Å². The van der Waals surface area contributed by atoms with E-state index in [1.807, 2.05) is 24.3 Å². The van der Waals surface area contributed by atoms with Gasteiger partial charge < -0.3 is 10.8 Å². The highest BCUT2D eigenvalue weighted by molar-refractivity contribution is 6.30. The number of aliphatic hydroxyl groups excluding tert-OH is 1. The fraction of sp³-hybridized carbons (Fsp3) is 0.455. The molecule has 0 heterocycles. The summed E-state index contributed by atoms with van der Waals surface area (Å²) in [5.41, 5.74) is 6.81. The van der Waals surface area contributed by atoms with Crippen LogP contribution < -0.4 is 5.73 Å². The van der Waals surface area contributed by atoms with Crippen molar-refractivity contribution in [1.29, 1.82) is 0 Å². The van der Waals surface area contributed by atoms with E-state index in [2.05, 4.69) is 0 Å². The van der Waals surface area contributed by atoms with Gasteiger partial charge in [0.2, 0.25) is 0 Å². The molecule has 0 aliphatic heterocycles. The van der Waals surface area contributed by atoms with Gasteiger partial charge in [-0.15, -0.1) is 0 Å². The molecular formula is C11H14ClNO. The first-order chi connectivity index (χ1) is 6.63. The summed E-state index contributed by atoms with van der Waals surface area (Å²) in [6.07, 6.45) is 1.73. The van der Waals surface area contributed by atoms with Gasteiger partial charge in [0.1, 0.15) is 0 Å². The van der Waals surface area contributed by atoms with Gasteiger partial charge in [-0.05, 0) is 36.5 Å². The lowest BCUT2D eigenvalue weighted by molar-refractivity contribution is 0.106. The van der Waals surface area contributed by atoms with Crippen molar-refractivity contribution in [3.8, 4) is 0 Å². The van der Waals surface area contributed by atoms with E-state index < -0.39 is 0 Å². The Morgan fingerprint density at radius 2 is 1.93 bits per heavy atom. The van der Waals surface area contributed by atoms with Crippen molar-refractivity contribution >= 4 is 11.6 Å². The third-order valence-corrected chi connectivity index (χ3v) is 3.21. The van der Waals surface area contributed by atoms with Crippen LogP contribution in [0.3, 0.4) is 0 Å². The minimum Gasteiger partial charge on any atom is -0.394 e. The number of halogens is 1. The van der Waals surface area contributed by atoms with Gasteiger partial charge in [-0.2, -0.15) is 0 Å².